The zero-order valence-corrected chi connectivity index (χ0v) is 33.3. The topological polar surface area (TPSA) is 204 Å². The van der Waals surface area contributed by atoms with Gasteiger partial charge in [-0.05, 0) is 64.9 Å². The van der Waals surface area contributed by atoms with Crippen LogP contribution in [0.1, 0.15) is 66.0 Å². The molecular weight excluding hydrogens is 722 g/mol. The molecular formula is C40H57N7O9. The second kappa shape index (κ2) is 19.3. The fraction of sp³-hybridized carbons (Fsp3) is 0.625. The fourth-order valence-electron chi connectivity index (χ4n) is 7.83. The minimum Gasteiger partial charge on any atom is -0.462 e. The first-order valence-electron chi connectivity index (χ1n) is 19.4. The number of para-hydroxylation sites is 1. The summed E-state index contributed by atoms with van der Waals surface area (Å²) in [4.78, 5) is 40.9. The van der Waals surface area contributed by atoms with Gasteiger partial charge in [-0.1, -0.05) is 61.1 Å². The summed E-state index contributed by atoms with van der Waals surface area (Å²) in [5.74, 6) is -3.08. The van der Waals surface area contributed by atoms with Crippen LogP contribution in [0.15, 0.2) is 54.3 Å². The lowest BCUT2D eigenvalue weighted by Gasteiger charge is -2.46. The molecule has 12 atom stereocenters. The first-order chi connectivity index (χ1) is 26.7. The number of carbonyl (C=O) groups excluding carboxylic acids is 3. The number of esters is 1. The summed E-state index contributed by atoms with van der Waals surface area (Å²) in [7, 11) is 3.45. The van der Waals surface area contributed by atoms with Crippen molar-refractivity contribution in [3.05, 3.63) is 60.0 Å². The smallest absolute Gasteiger partial charge is 0.308 e. The lowest BCUT2D eigenvalue weighted by atomic mass is 9.79. The Morgan fingerprint density at radius 1 is 1.04 bits per heavy atom. The second-order valence-corrected chi connectivity index (χ2v) is 15.6. The molecule has 2 aliphatic rings. The molecule has 5 rings (SSSR count). The molecule has 0 bridgehead atoms. The number of aromatic nitrogens is 6. The van der Waals surface area contributed by atoms with Gasteiger partial charge in [0.2, 0.25) is 0 Å². The van der Waals surface area contributed by atoms with E-state index in [4.69, 9.17) is 14.2 Å². The molecule has 2 unspecified atom stereocenters. The number of aliphatic hydroxyl groups excluding tert-OH is 3. The van der Waals surface area contributed by atoms with E-state index in [0.717, 1.165) is 22.9 Å². The van der Waals surface area contributed by atoms with Crippen LogP contribution in [0.2, 0.25) is 0 Å². The Morgan fingerprint density at radius 2 is 1.79 bits per heavy atom. The highest BCUT2D eigenvalue weighted by atomic mass is 16.7. The number of ether oxygens (including phenoxy) is 3. The predicted molar refractivity (Wildman–Crippen MR) is 205 cm³/mol. The van der Waals surface area contributed by atoms with E-state index < -0.39 is 72.7 Å². The van der Waals surface area contributed by atoms with E-state index in [-0.39, 0.29) is 31.0 Å². The van der Waals surface area contributed by atoms with Crippen LogP contribution in [0.25, 0.3) is 11.0 Å². The average Bonchev–Trinajstić information content (AvgIpc) is 3.79. The van der Waals surface area contributed by atoms with Crippen LogP contribution in [-0.4, -0.2) is 131 Å². The number of aldehydes is 1. The molecule has 0 radical (unpaired) electrons. The van der Waals surface area contributed by atoms with E-state index in [1.165, 1.54) is 6.08 Å². The molecule has 4 heterocycles. The standard InChI is InChI=1S/C40H57N7O9/c1-8-34-28(20-46-21-29(41-43-46)22-47-31-12-10-9-11-30(31)42-44-47)17-23(2)13-14-32(49)24(3)18-27(15-16-48)39(25(4)33(50)19-35(51)55-34)56-40-38(53)36(45(6)7)37(52)26(5)54-40/h9-14,16-17,21,24-28,33-34,36-40,50,52-53H,8,15,18-20,22H2,1-7H3/b14-13+,23-17+/t24-,25+,26-,27+,28-,33-,34-,36?,37-,38?,39-,40+/m1/s1. The van der Waals surface area contributed by atoms with Gasteiger partial charge < -0.3 is 39.2 Å². The van der Waals surface area contributed by atoms with Crippen molar-refractivity contribution in [3.63, 3.8) is 0 Å². The van der Waals surface area contributed by atoms with Crippen molar-refractivity contribution in [2.45, 2.75) is 122 Å². The van der Waals surface area contributed by atoms with Crippen LogP contribution in [0.3, 0.4) is 0 Å². The third-order valence-electron chi connectivity index (χ3n) is 11.1. The van der Waals surface area contributed by atoms with Crippen LogP contribution in [0.4, 0.5) is 0 Å². The van der Waals surface area contributed by atoms with Crippen molar-refractivity contribution in [2.75, 3.05) is 14.1 Å². The summed E-state index contributed by atoms with van der Waals surface area (Å²) in [5.41, 5.74) is 3.07. The highest BCUT2D eigenvalue weighted by molar-refractivity contribution is 5.91. The third kappa shape index (κ3) is 10.4. The summed E-state index contributed by atoms with van der Waals surface area (Å²) in [6.45, 7) is 9.56. The molecule has 3 N–H and O–H groups in total. The summed E-state index contributed by atoms with van der Waals surface area (Å²) in [6.07, 6.45) is 0.915. The molecule has 2 aliphatic heterocycles. The minimum absolute atomic E-state index is 0.0104. The fourth-order valence-corrected chi connectivity index (χ4v) is 7.83. The number of ketones is 1. The number of nitrogens with zero attached hydrogens (tertiary/aromatic N) is 7. The molecule has 1 saturated heterocycles. The van der Waals surface area contributed by atoms with Gasteiger partial charge in [0.1, 0.15) is 29.7 Å². The summed E-state index contributed by atoms with van der Waals surface area (Å²) >= 11 is 0. The SMILES string of the molecule is CC[C@H]1OC(=O)C[C@@H](O)[C@H](C)[C@@H](O[C@@H]2O[C@H](C)[C@@H](O)C(N(C)C)C2O)[C@@H](CC=O)C[C@@H](C)C(=O)/C=C/C(C)=C/[C@@H]1Cn1cc(Cn2nnc3ccccc32)nn1. The van der Waals surface area contributed by atoms with Crippen molar-refractivity contribution in [1.29, 1.82) is 0 Å². The van der Waals surface area contributed by atoms with E-state index in [1.54, 1.807) is 55.2 Å². The number of allylic oxidation sites excluding steroid dienone is 3. The molecule has 0 saturated carbocycles. The number of rotatable bonds is 10. The Hall–Kier alpha value is -4.19. The van der Waals surface area contributed by atoms with Crippen LogP contribution in [-0.2, 0) is 41.7 Å². The maximum atomic E-state index is 13.6. The van der Waals surface area contributed by atoms with E-state index >= 15 is 0 Å². The Balaban J connectivity index is 1.41. The summed E-state index contributed by atoms with van der Waals surface area (Å²) in [5, 5.41) is 50.9. The molecule has 1 fully saturated rings. The highest BCUT2D eigenvalue weighted by Crippen LogP contribution is 2.34. The van der Waals surface area contributed by atoms with Crippen LogP contribution < -0.4 is 0 Å². The lowest BCUT2D eigenvalue weighted by molar-refractivity contribution is -0.304. The summed E-state index contributed by atoms with van der Waals surface area (Å²) in [6, 6.07) is 6.91. The van der Waals surface area contributed by atoms with Gasteiger partial charge in [-0.25, -0.2) is 4.68 Å². The zero-order chi connectivity index (χ0) is 40.7. The first kappa shape index (κ1) is 42.9. The van der Waals surface area contributed by atoms with E-state index in [9.17, 15) is 29.7 Å². The molecule has 3 aromatic rings. The molecule has 306 valence electrons. The Bertz CT molecular complexity index is 1840. The van der Waals surface area contributed by atoms with Crippen LogP contribution in [0.5, 0.6) is 0 Å². The minimum atomic E-state index is -1.29. The molecule has 0 spiro atoms. The van der Waals surface area contributed by atoms with Crippen molar-refractivity contribution in [2.24, 2.45) is 23.7 Å². The molecule has 0 aliphatic carbocycles. The van der Waals surface area contributed by atoms with Gasteiger partial charge in [-0.15, -0.1) is 10.2 Å². The maximum Gasteiger partial charge on any atom is 0.308 e. The van der Waals surface area contributed by atoms with Crippen molar-refractivity contribution >= 4 is 29.1 Å². The maximum absolute atomic E-state index is 13.6. The molecule has 16 nitrogen and oxygen atoms in total. The average molecular weight is 780 g/mol. The third-order valence-corrected chi connectivity index (χ3v) is 11.1. The number of benzene rings is 1. The van der Waals surface area contributed by atoms with Gasteiger partial charge >= 0.3 is 5.97 Å². The van der Waals surface area contributed by atoms with Gasteiger partial charge in [0, 0.05) is 24.2 Å². The second-order valence-electron chi connectivity index (χ2n) is 15.6. The first-order valence-corrected chi connectivity index (χ1v) is 19.4. The largest absolute Gasteiger partial charge is 0.462 e. The van der Waals surface area contributed by atoms with Crippen molar-refractivity contribution in [3.8, 4) is 0 Å². The van der Waals surface area contributed by atoms with Gasteiger partial charge in [-0.2, -0.15) is 0 Å². The van der Waals surface area contributed by atoms with Crippen LogP contribution >= 0.6 is 0 Å². The van der Waals surface area contributed by atoms with Gasteiger partial charge in [0.15, 0.2) is 12.1 Å². The Labute approximate surface area is 327 Å². The van der Waals surface area contributed by atoms with Gasteiger partial charge in [0.25, 0.3) is 0 Å². The van der Waals surface area contributed by atoms with Gasteiger partial charge in [-0.3, -0.25) is 14.3 Å². The summed E-state index contributed by atoms with van der Waals surface area (Å²) < 4.78 is 21.9. The number of hydrogen-bond acceptors (Lipinski definition) is 14. The molecule has 16 heteroatoms. The molecule has 0 amide bonds. The molecule has 2 aromatic heterocycles. The quantitative estimate of drug-likeness (QED) is 0.200. The number of fused-ring (bicyclic) bond motifs is 1. The highest BCUT2D eigenvalue weighted by Gasteiger charge is 2.47. The van der Waals surface area contributed by atoms with E-state index in [0.29, 0.717) is 25.2 Å². The Kier molecular flexibility index (Phi) is 14.8. The van der Waals surface area contributed by atoms with E-state index in [1.807, 2.05) is 50.4 Å². The lowest BCUT2D eigenvalue weighted by Crippen LogP contribution is -2.63. The molecule has 56 heavy (non-hydrogen) atoms. The predicted octanol–water partition coefficient (Wildman–Crippen LogP) is 2.49. The number of carbonyl (C=O) groups is 3. The number of aliphatic hydroxyl groups is 3. The van der Waals surface area contributed by atoms with Crippen molar-refractivity contribution in [1.82, 2.24) is 34.9 Å². The monoisotopic (exact) mass is 779 g/mol. The van der Waals surface area contributed by atoms with Gasteiger partial charge in [0.05, 0.1) is 61.7 Å². The van der Waals surface area contributed by atoms with Crippen LogP contribution in [0, 0.1) is 23.7 Å². The number of likely N-dealkylation sites (N-methyl/N-ethyl adjacent to an activating group) is 1. The van der Waals surface area contributed by atoms with E-state index in [2.05, 4.69) is 20.6 Å². The molecule has 1 aromatic carbocycles. The van der Waals surface area contributed by atoms with Crippen molar-refractivity contribution < 1.29 is 43.9 Å². The Morgan fingerprint density at radius 3 is 2.50 bits per heavy atom. The zero-order valence-electron chi connectivity index (χ0n) is 33.3. The number of cyclic esters (lactones) is 1. The normalized spacial score (nSPS) is 34.2. The number of hydrogen-bond donors (Lipinski definition) is 3.